The minimum absolute atomic E-state index is 0.142. The fourth-order valence-corrected chi connectivity index (χ4v) is 2.29. The van der Waals surface area contributed by atoms with Crippen LogP contribution in [0.25, 0.3) is 0 Å². The first-order valence-corrected chi connectivity index (χ1v) is 8.31. The van der Waals surface area contributed by atoms with Gasteiger partial charge in [-0.25, -0.2) is 9.59 Å². The quantitative estimate of drug-likeness (QED) is 0.706. The van der Waals surface area contributed by atoms with Crippen LogP contribution in [0.5, 0.6) is 0 Å². The number of carbonyl (C=O) groups excluding carboxylic acids is 1. The molecule has 1 amide bonds. The van der Waals surface area contributed by atoms with Gasteiger partial charge in [-0.3, -0.25) is 4.90 Å². The number of carbonyl (C=O) groups is 2. The van der Waals surface area contributed by atoms with Gasteiger partial charge in [-0.15, -0.1) is 0 Å². The summed E-state index contributed by atoms with van der Waals surface area (Å²) in [5.74, 6) is -0.973. The van der Waals surface area contributed by atoms with E-state index in [9.17, 15) is 9.59 Å². The second kappa shape index (κ2) is 9.84. The average molecular weight is 348 g/mol. The van der Waals surface area contributed by atoms with Gasteiger partial charge in [-0.1, -0.05) is 36.4 Å². The molecule has 0 saturated heterocycles. The zero-order chi connectivity index (χ0) is 18.9. The number of alkyl carbamates (subject to hydrolysis) is 1. The first-order valence-electron chi connectivity index (χ1n) is 8.31. The molecule has 0 heterocycles. The minimum Gasteiger partial charge on any atom is -0.478 e. The predicted octanol–water partition coefficient (Wildman–Crippen LogP) is 3.04. The van der Waals surface area contributed by atoms with Crippen molar-refractivity contribution in [2.75, 3.05) is 13.1 Å². The zero-order valence-electron chi connectivity index (χ0n) is 15.4. The van der Waals surface area contributed by atoms with E-state index in [2.05, 4.69) is 10.2 Å². The van der Waals surface area contributed by atoms with Crippen molar-refractivity contribution < 1.29 is 19.4 Å². The Morgan fingerprint density at radius 2 is 1.92 bits per heavy atom. The van der Waals surface area contributed by atoms with Crippen molar-refractivity contribution in [1.82, 2.24) is 10.2 Å². The Balaban J connectivity index is 2.64. The number of nitrogens with zero attached hydrogens (tertiary/aromatic N) is 1. The van der Waals surface area contributed by atoms with Gasteiger partial charge in [0.05, 0.1) is 0 Å². The van der Waals surface area contributed by atoms with Gasteiger partial charge in [0.25, 0.3) is 0 Å². The van der Waals surface area contributed by atoms with Crippen LogP contribution < -0.4 is 5.32 Å². The summed E-state index contributed by atoms with van der Waals surface area (Å²) in [6, 6.07) is 9.76. The van der Waals surface area contributed by atoms with Gasteiger partial charge in [-0.05, 0) is 33.3 Å². The molecule has 0 radical (unpaired) electrons. The Kier molecular flexibility index (Phi) is 8.15. The number of hydrogen-bond acceptors (Lipinski definition) is 4. The van der Waals surface area contributed by atoms with Gasteiger partial charge < -0.3 is 15.2 Å². The molecule has 0 bridgehead atoms. The van der Waals surface area contributed by atoms with Crippen molar-refractivity contribution in [1.29, 1.82) is 0 Å². The lowest BCUT2D eigenvalue weighted by Gasteiger charge is -2.26. The molecule has 2 N–H and O–H groups in total. The maximum absolute atomic E-state index is 11.9. The van der Waals surface area contributed by atoms with Crippen LogP contribution in [0.4, 0.5) is 4.79 Å². The highest BCUT2D eigenvalue weighted by atomic mass is 16.6. The first-order chi connectivity index (χ1) is 11.7. The average Bonchev–Trinajstić information content (AvgIpc) is 2.45. The van der Waals surface area contributed by atoms with Gasteiger partial charge in [0.15, 0.2) is 0 Å². The van der Waals surface area contributed by atoms with E-state index in [0.29, 0.717) is 19.6 Å². The molecular formula is C19H28N2O4. The van der Waals surface area contributed by atoms with Crippen LogP contribution in [-0.2, 0) is 16.1 Å². The molecule has 6 heteroatoms. The molecule has 25 heavy (non-hydrogen) atoms. The van der Waals surface area contributed by atoms with E-state index in [4.69, 9.17) is 9.84 Å². The molecule has 0 aliphatic rings. The number of carboxylic acids is 1. The molecule has 6 nitrogen and oxygen atoms in total. The Hall–Kier alpha value is -2.34. The highest BCUT2D eigenvalue weighted by Crippen LogP contribution is 2.08. The summed E-state index contributed by atoms with van der Waals surface area (Å²) in [6.45, 7) is 9.04. The topological polar surface area (TPSA) is 78.9 Å². The number of rotatable bonds is 8. The smallest absolute Gasteiger partial charge is 0.407 e. The molecule has 0 fully saturated rings. The molecule has 1 aromatic carbocycles. The fourth-order valence-electron chi connectivity index (χ4n) is 2.29. The van der Waals surface area contributed by atoms with Gasteiger partial charge in [0.1, 0.15) is 5.60 Å². The Bertz CT molecular complexity index is 579. The molecule has 1 aromatic rings. The van der Waals surface area contributed by atoms with Crippen LogP contribution in [0.3, 0.4) is 0 Å². The van der Waals surface area contributed by atoms with Crippen LogP contribution in [0.2, 0.25) is 0 Å². The summed E-state index contributed by atoms with van der Waals surface area (Å²) < 4.78 is 5.26. The number of aliphatic carboxylic acids is 1. The van der Waals surface area contributed by atoms with E-state index in [1.54, 1.807) is 6.08 Å². The third kappa shape index (κ3) is 10.2. The van der Waals surface area contributed by atoms with Crippen molar-refractivity contribution in [2.45, 2.75) is 45.9 Å². The maximum atomic E-state index is 11.9. The summed E-state index contributed by atoms with van der Waals surface area (Å²) in [5.41, 5.74) is 0.577. The van der Waals surface area contributed by atoms with E-state index in [1.165, 1.54) is 0 Å². The standard InChI is InChI=1S/C19H28N2O4/c1-15(20-18(24)25-19(2,3)4)13-21(12-8-11-17(22)23)14-16-9-6-5-7-10-16/h5-11,15H,12-14H2,1-4H3,(H,20,24)(H,22,23). The molecule has 0 saturated carbocycles. The van der Waals surface area contributed by atoms with Crippen molar-refractivity contribution in [3.8, 4) is 0 Å². The number of carboxylic acid groups (broad SMARTS) is 1. The molecule has 0 spiro atoms. The first kappa shape index (κ1) is 20.7. The largest absolute Gasteiger partial charge is 0.478 e. The van der Waals surface area contributed by atoms with E-state index < -0.39 is 17.7 Å². The number of benzene rings is 1. The monoisotopic (exact) mass is 348 g/mol. The lowest BCUT2D eigenvalue weighted by Crippen LogP contribution is -2.43. The van der Waals surface area contributed by atoms with Gasteiger partial charge >= 0.3 is 12.1 Å². The molecule has 1 rings (SSSR count). The normalized spacial score (nSPS) is 13.0. The molecule has 1 atom stereocenters. The number of ether oxygens (including phenoxy) is 1. The highest BCUT2D eigenvalue weighted by molar-refractivity contribution is 5.79. The summed E-state index contributed by atoms with van der Waals surface area (Å²) in [7, 11) is 0. The molecule has 138 valence electrons. The van der Waals surface area contributed by atoms with Crippen molar-refractivity contribution in [2.24, 2.45) is 0 Å². The van der Waals surface area contributed by atoms with Crippen molar-refractivity contribution in [3.63, 3.8) is 0 Å². The Labute approximate surface area is 149 Å². The summed E-state index contributed by atoms with van der Waals surface area (Å²) in [5, 5.41) is 11.6. The predicted molar refractivity (Wildman–Crippen MR) is 97.3 cm³/mol. The third-order valence-corrected chi connectivity index (χ3v) is 3.17. The third-order valence-electron chi connectivity index (χ3n) is 3.17. The van der Waals surface area contributed by atoms with Crippen LogP contribution in [-0.4, -0.2) is 46.8 Å². The van der Waals surface area contributed by atoms with E-state index in [0.717, 1.165) is 11.6 Å². The van der Waals surface area contributed by atoms with E-state index in [1.807, 2.05) is 58.0 Å². The number of amides is 1. The molecule has 0 aliphatic heterocycles. The lowest BCUT2D eigenvalue weighted by molar-refractivity contribution is -0.131. The molecular weight excluding hydrogens is 320 g/mol. The molecule has 0 aliphatic carbocycles. The van der Waals surface area contributed by atoms with Gasteiger partial charge in [0.2, 0.25) is 0 Å². The number of hydrogen-bond donors (Lipinski definition) is 2. The number of nitrogens with one attached hydrogen (secondary N) is 1. The highest BCUT2D eigenvalue weighted by Gasteiger charge is 2.18. The Morgan fingerprint density at radius 3 is 2.48 bits per heavy atom. The van der Waals surface area contributed by atoms with Crippen LogP contribution >= 0.6 is 0 Å². The fraction of sp³-hybridized carbons (Fsp3) is 0.474. The van der Waals surface area contributed by atoms with Crippen molar-refractivity contribution >= 4 is 12.1 Å². The Morgan fingerprint density at radius 1 is 1.28 bits per heavy atom. The van der Waals surface area contributed by atoms with Gasteiger partial charge in [-0.2, -0.15) is 0 Å². The van der Waals surface area contributed by atoms with E-state index in [-0.39, 0.29) is 6.04 Å². The van der Waals surface area contributed by atoms with Gasteiger partial charge in [0, 0.05) is 31.8 Å². The second-order valence-corrected chi connectivity index (χ2v) is 6.97. The maximum Gasteiger partial charge on any atom is 0.407 e. The SMILES string of the molecule is CC(CN(CC=CC(=O)O)Cc1ccccc1)NC(=O)OC(C)(C)C. The summed E-state index contributed by atoms with van der Waals surface area (Å²) in [6.07, 6.45) is 2.27. The molecule has 0 aromatic heterocycles. The lowest BCUT2D eigenvalue weighted by atomic mass is 10.2. The van der Waals surface area contributed by atoms with Crippen LogP contribution in [0, 0.1) is 0 Å². The summed E-state index contributed by atoms with van der Waals surface area (Å²) >= 11 is 0. The molecule has 1 unspecified atom stereocenters. The zero-order valence-corrected chi connectivity index (χ0v) is 15.4. The van der Waals surface area contributed by atoms with Crippen molar-refractivity contribution in [3.05, 3.63) is 48.0 Å². The minimum atomic E-state index is -0.973. The van der Waals surface area contributed by atoms with E-state index >= 15 is 0 Å². The second-order valence-electron chi connectivity index (χ2n) is 6.97. The van der Waals surface area contributed by atoms with Crippen LogP contribution in [0.15, 0.2) is 42.5 Å². The summed E-state index contributed by atoms with van der Waals surface area (Å²) in [4.78, 5) is 24.6. The van der Waals surface area contributed by atoms with Crippen LogP contribution in [0.1, 0.15) is 33.3 Å².